The molecule has 27 heavy (non-hydrogen) atoms. The lowest BCUT2D eigenvalue weighted by Crippen LogP contribution is -2.58. The van der Waals surface area contributed by atoms with E-state index in [9.17, 15) is 13.9 Å². The van der Waals surface area contributed by atoms with E-state index in [1.54, 1.807) is 0 Å². The van der Waals surface area contributed by atoms with Crippen LogP contribution in [0.15, 0.2) is 42.5 Å². The monoisotopic (exact) mass is 374 g/mol. The highest BCUT2D eigenvalue weighted by Gasteiger charge is 2.35. The summed E-state index contributed by atoms with van der Waals surface area (Å²) < 4.78 is 32.6. The molecule has 4 nitrogen and oxygen atoms in total. The second-order valence-electron chi connectivity index (χ2n) is 7.42. The van der Waals surface area contributed by atoms with E-state index in [1.165, 1.54) is 12.1 Å². The normalized spacial score (nSPS) is 21.4. The van der Waals surface area contributed by atoms with Gasteiger partial charge in [-0.1, -0.05) is 18.2 Å². The molecule has 2 fully saturated rings. The molecular formula is C21H24F2N2O2. The van der Waals surface area contributed by atoms with Crippen molar-refractivity contribution in [3.8, 4) is 5.75 Å². The molecule has 1 N–H and O–H groups in total. The molecule has 144 valence electrons. The molecule has 1 atom stereocenters. The van der Waals surface area contributed by atoms with Gasteiger partial charge in [-0.25, -0.2) is 8.78 Å². The zero-order chi connectivity index (χ0) is 18.8. The Balaban J connectivity index is 1.33. The van der Waals surface area contributed by atoms with Crippen molar-refractivity contribution in [2.75, 3.05) is 26.2 Å². The Bertz CT molecular complexity index is 796. The number of aliphatic hydroxyl groups excluding tert-OH is 1. The number of ether oxygens (including phenoxy) is 1. The summed E-state index contributed by atoms with van der Waals surface area (Å²) in [6.45, 7) is 4.55. The topological polar surface area (TPSA) is 35.9 Å². The Labute approximate surface area is 158 Å². The lowest BCUT2D eigenvalue weighted by molar-refractivity contribution is 0.0340. The number of rotatable bonds is 6. The van der Waals surface area contributed by atoms with Crippen molar-refractivity contribution in [2.45, 2.75) is 31.7 Å². The van der Waals surface area contributed by atoms with Gasteiger partial charge in [0.25, 0.3) is 0 Å². The van der Waals surface area contributed by atoms with Crippen LogP contribution in [0, 0.1) is 11.6 Å². The van der Waals surface area contributed by atoms with Gasteiger partial charge in [0.2, 0.25) is 0 Å². The van der Waals surface area contributed by atoms with Crippen molar-refractivity contribution in [2.24, 2.45) is 0 Å². The molecule has 2 aromatic carbocycles. The number of aliphatic hydroxyl groups is 1. The third kappa shape index (κ3) is 4.29. The Kier molecular flexibility index (Phi) is 5.38. The average molecular weight is 374 g/mol. The van der Waals surface area contributed by atoms with Gasteiger partial charge in [0.1, 0.15) is 24.0 Å². The first-order valence-electron chi connectivity index (χ1n) is 9.37. The first kappa shape index (κ1) is 18.3. The average Bonchev–Trinajstić information content (AvgIpc) is 3.03. The smallest absolute Gasteiger partial charge is 0.132 e. The highest BCUT2D eigenvalue weighted by Crippen LogP contribution is 2.26. The van der Waals surface area contributed by atoms with E-state index in [0.717, 1.165) is 56.5 Å². The molecule has 6 heteroatoms. The maximum Gasteiger partial charge on any atom is 0.132 e. The molecule has 0 amide bonds. The van der Waals surface area contributed by atoms with E-state index in [0.29, 0.717) is 11.6 Å². The Morgan fingerprint density at radius 3 is 2.59 bits per heavy atom. The summed E-state index contributed by atoms with van der Waals surface area (Å²) in [5.74, 6) is -0.457. The number of hydrogen-bond acceptors (Lipinski definition) is 4. The van der Waals surface area contributed by atoms with Crippen molar-refractivity contribution in [3.05, 3.63) is 65.2 Å². The van der Waals surface area contributed by atoms with Gasteiger partial charge >= 0.3 is 0 Å². The minimum absolute atomic E-state index is 0.0669. The summed E-state index contributed by atoms with van der Waals surface area (Å²) in [5.41, 5.74) is 1.39. The Morgan fingerprint density at radius 2 is 1.85 bits per heavy atom. The number of halogens is 2. The van der Waals surface area contributed by atoms with Crippen LogP contribution in [0.5, 0.6) is 5.75 Å². The minimum atomic E-state index is -0.592. The maximum absolute atomic E-state index is 13.8. The van der Waals surface area contributed by atoms with Crippen LogP contribution in [0.3, 0.4) is 0 Å². The van der Waals surface area contributed by atoms with E-state index in [-0.39, 0.29) is 12.7 Å². The lowest BCUT2D eigenvalue weighted by Gasteiger charge is -2.44. The predicted molar refractivity (Wildman–Crippen MR) is 98.4 cm³/mol. The Hall–Kier alpha value is -2.02. The molecule has 2 aromatic rings. The van der Waals surface area contributed by atoms with Crippen LogP contribution >= 0.6 is 0 Å². The van der Waals surface area contributed by atoms with Gasteiger partial charge in [0, 0.05) is 56.0 Å². The summed E-state index contributed by atoms with van der Waals surface area (Å²) in [4.78, 5) is 4.71. The molecule has 2 saturated heterocycles. The first-order chi connectivity index (χ1) is 13.1. The van der Waals surface area contributed by atoms with E-state index in [2.05, 4.69) is 9.80 Å². The highest BCUT2D eigenvalue weighted by molar-refractivity contribution is 5.34. The first-order valence-corrected chi connectivity index (χ1v) is 9.37. The van der Waals surface area contributed by atoms with Crippen LogP contribution in [-0.4, -0.2) is 53.2 Å². The van der Waals surface area contributed by atoms with Gasteiger partial charge in [-0.3, -0.25) is 9.80 Å². The van der Waals surface area contributed by atoms with Gasteiger partial charge in [0.05, 0.1) is 6.10 Å². The van der Waals surface area contributed by atoms with Crippen LogP contribution in [0.25, 0.3) is 0 Å². The fourth-order valence-corrected chi connectivity index (χ4v) is 3.81. The third-order valence-electron chi connectivity index (χ3n) is 5.41. The van der Waals surface area contributed by atoms with Crippen LogP contribution in [0.2, 0.25) is 0 Å². The van der Waals surface area contributed by atoms with Crippen molar-refractivity contribution < 1.29 is 18.6 Å². The molecule has 0 spiro atoms. The number of benzene rings is 2. The van der Waals surface area contributed by atoms with Gasteiger partial charge in [-0.15, -0.1) is 0 Å². The maximum atomic E-state index is 13.8. The quantitative estimate of drug-likeness (QED) is 0.844. The Morgan fingerprint density at radius 1 is 1.04 bits per heavy atom. The van der Waals surface area contributed by atoms with E-state index < -0.39 is 11.6 Å². The van der Waals surface area contributed by atoms with Gasteiger partial charge in [-0.2, -0.15) is 0 Å². The van der Waals surface area contributed by atoms with Crippen LogP contribution < -0.4 is 4.74 Å². The summed E-state index contributed by atoms with van der Waals surface area (Å²) >= 11 is 0. The molecule has 2 heterocycles. The molecular weight excluding hydrogens is 350 g/mol. The minimum Gasteiger partial charge on any atom is -0.488 e. The summed E-state index contributed by atoms with van der Waals surface area (Å²) in [7, 11) is 0. The van der Waals surface area contributed by atoms with Crippen LogP contribution in [0.1, 0.15) is 17.5 Å². The number of nitrogens with zero attached hydrogens (tertiary/aromatic N) is 2. The zero-order valence-corrected chi connectivity index (χ0v) is 15.2. The largest absolute Gasteiger partial charge is 0.488 e. The SMILES string of the molecule is OC1CCN(C2CN(Cc3ccccc3OCc3ccc(F)cc3F)C2)C1. The second kappa shape index (κ2) is 7.92. The van der Waals surface area contributed by atoms with E-state index >= 15 is 0 Å². The summed E-state index contributed by atoms with van der Waals surface area (Å²) in [6.07, 6.45) is 0.688. The van der Waals surface area contributed by atoms with Crippen LogP contribution in [0.4, 0.5) is 8.78 Å². The fraction of sp³-hybridized carbons (Fsp3) is 0.429. The fourth-order valence-electron chi connectivity index (χ4n) is 3.81. The molecule has 0 saturated carbocycles. The number of para-hydroxylation sites is 1. The molecule has 0 bridgehead atoms. The number of β-amino-alcohol motifs (C(OH)–C–C–N with tert-alkyl or cyclic N) is 1. The van der Waals surface area contributed by atoms with Gasteiger partial charge in [0.15, 0.2) is 0 Å². The van der Waals surface area contributed by atoms with E-state index in [4.69, 9.17) is 4.74 Å². The van der Waals surface area contributed by atoms with Crippen molar-refractivity contribution in [3.63, 3.8) is 0 Å². The molecule has 2 aliphatic rings. The molecule has 0 aliphatic carbocycles. The molecule has 2 aliphatic heterocycles. The van der Waals surface area contributed by atoms with Crippen LogP contribution in [-0.2, 0) is 13.2 Å². The summed E-state index contributed by atoms with van der Waals surface area (Å²) in [6, 6.07) is 11.8. The zero-order valence-electron chi connectivity index (χ0n) is 15.2. The summed E-state index contributed by atoms with van der Waals surface area (Å²) in [5, 5.41) is 9.67. The molecule has 0 aromatic heterocycles. The highest BCUT2D eigenvalue weighted by atomic mass is 19.1. The standard InChI is InChI=1S/C21H24F2N2O2/c22-17-6-5-16(20(23)9-17)14-27-21-4-2-1-3-15(21)10-24-11-18(12-24)25-8-7-19(26)13-25/h1-6,9,18-19,26H,7-8,10-14H2. The molecule has 1 unspecified atom stereocenters. The predicted octanol–water partition coefficient (Wildman–Crippen LogP) is 2.79. The lowest BCUT2D eigenvalue weighted by atomic mass is 10.1. The van der Waals surface area contributed by atoms with Crippen molar-refractivity contribution in [1.29, 1.82) is 0 Å². The van der Waals surface area contributed by atoms with Crippen molar-refractivity contribution >= 4 is 0 Å². The third-order valence-corrected chi connectivity index (χ3v) is 5.41. The van der Waals surface area contributed by atoms with E-state index in [1.807, 2.05) is 24.3 Å². The van der Waals surface area contributed by atoms with Crippen molar-refractivity contribution in [1.82, 2.24) is 9.80 Å². The number of hydrogen-bond donors (Lipinski definition) is 1. The number of likely N-dealkylation sites (tertiary alicyclic amines) is 2. The molecule has 0 radical (unpaired) electrons. The van der Waals surface area contributed by atoms with Gasteiger partial charge in [-0.05, 0) is 24.6 Å². The molecule has 4 rings (SSSR count). The second-order valence-corrected chi connectivity index (χ2v) is 7.42. The van der Waals surface area contributed by atoms with Gasteiger partial charge < -0.3 is 9.84 Å².